The largest absolute Gasteiger partial charge is 0.340 e. The van der Waals surface area contributed by atoms with E-state index in [1.54, 1.807) is 29.2 Å². The molecule has 0 unspecified atom stereocenters. The van der Waals surface area contributed by atoms with E-state index in [0.717, 1.165) is 11.1 Å². The summed E-state index contributed by atoms with van der Waals surface area (Å²) < 4.78 is 24.8. The first-order valence-electron chi connectivity index (χ1n) is 8.74. The molecule has 2 aromatic carbocycles. The van der Waals surface area contributed by atoms with E-state index in [2.05, 4.69) is 0 Å². The molecule has 3 rings (SSSR count). The predicted octanol–water partition coefficient (Wildman–Crippen LogP) is 2.11. The summed E-state index contributed by atoms with van der Waals surface area (Å²) in [4.78, 5) is 14.5. The molecule has 2 atom stereocenters. The van der Waals surface area contributed by atoms with Gasteiger partial charge in [-0.3, -0.25) is 4.79 Å². The molecule has 26 heavy (non-hydrogen) atoms. The van der Waals surface area contributed by atoms with Gasteiger partial charge in [-0.15, -0.1) is 0 Å². The molecule has 6 heteroatoms. The van der Waals surface area contributed by atoms with Gasteiger partial charge in [0.05, 0.1) is 10.6 Å². The highest BCUT2D eigenvalue weighted by Crippen LogP contribution is 2.27. The third kappa shape index (κ3) is 4.14. The number of rotatable bonds is 5. The Balaban J connectivity index is 1.61. The van der Waals surface area contributed by atoms with Crippen LogP contribution in [0.4, 0.5) is 0 Å². The van der Waals surface area contributed by atoms with Crippen molar-refractivity contribution < 1.29 is 13.2 Å². The van der Waals surface area contributed by atoms with Gasteiger partial charge in [-0.05, 0) is 24.6 Å². The molecule has 1 heterocycles. The number of sulfone groups is 1. The summed E-state index contributed by atoms with van der Waals surface area (Å²) in [7, 11) is -3.46. The lowest BCUT2D eigenvalue weighted by Crippen LogP contribution is -2.33. The lowest BCUT2D eigenvalue weighted by atomic mass is 9.95. The highest BCUT2D eigenvalue weighted by Gasteiger charge is 2.34. The van der Waals surface area contributed by atoms with Gasteiger partial charge in [0, 0.05) is 31.5 Å². The molecule has 0 spiro atoms. The average molecular weight is 372 g/mol. The van der Waals surface area contributed by atoms with Crippen molar-refractivity contribution in [2.75, 3.05) is 18.8 Å². The van der Waals surface area contributed by atoms with Crippen LogP contribution in [0.25, 0.3) is 0 Å². The second-order valence-electron chi connectivity index (χ2n) is 6.86. The van der Waals surface area contributed by atoms with Crippen LogP contribution in [-0.2, 0) is 14.6 Å². The first-order valence-corrected chi connectivity index (χ1v) is 10.4. The van der Waals surface area contributed by atoms with Crippen LogP contribution in [0.1, 0.15) is 23.5 Å². The lowest BCUT2D eigenvalue weighted by Gasteiger charge is -2.16. The van der Waals surface area contributed by atoms with Crippen LogP contribution in [0, 0.1) is 6.92 Å². The Morgan fingerprint density at radius 1 is 1.08 bits per heavy atom. The fraction of sp³-hybridized carbons (Fsp3) is 0.350. The van der Waals surface area contributed by atoms with E-state index >= 15 is 0 Å². The molecule has 5 nitrogen and oxygen atoms in total. The van der Waals surface area contributed by atoms with Crippen LogP contribution in [0.15, 0.2) is 59.5 Å². The Bertz CT molecular complexity index is 864. The van der Waals surface area contributed by atoms with Gasteiger partial charge in [0.1, 0.15) is 0 Å². The van der Waals surface area contributed by atoms with E-state index in [1.165, 1.54) is 0 Å². The number of nitrogens with two attached hydrogens (primary N) is 1. The fourth-order valence-corrected chi connectivity index (χ4v) is 4.56. The fourth-order valence-electron chi connectivity index (χ4n) is 3.33. The molecule has 0 radical (unpaired) electrons. The number of amides is 1. The standard InChI is InChI=1S/C20H24N2O3S/c1-15-7-9-17(10-8-15)26(24,25)12-11-20(23)22-13-18(19(21)14-22)16-5-3-2-4-6-16/h2-10,18-19H,11-14,21H2,1H3/t18-,19+/m0/s1. The van der Waals surface area contributed by atoms with Crippen molar-refractivity contribution in [1.82, 2.24) is 4.90 Å². The van der Waals surface area contributed by atoms with Gasteiger partial charge in [0.2, 0.25) is 5.91 Å². The number of aryl methyl sites for hydroxylation is 1. The van der Waals surface area contributed by atoms with Crippen molar-refractivity contribution in [3.63, 3.8) is 0 Å². The van der Waals surface area contributed by atoms with E-state index in [0.29, 0.717) is 13.1 Å². The van der Waals surface area contributed by atoms with Crippen molar-refractivity contribution in [2.24, 2.45) is 5.73 Å². The SMILES string of the molecule is Cc1ccc(S(=O)(=O)CCC(=O)N2C[C@@H](N)[C@H](c3ccccc3)C2)cc1. The van der Waals surface area contributed by atoms with Crippen LogP contribution < -0.4 is 5.73 Å². The summed E-state index contributed by atoms with van der Waals surface area (Å²) in [6.45, 7) is 2.90. The molecule has 2 aromatic rings. The van der Waals surface area contributed by atoms with Crippen LogP contribution in [-0.4, -0.2) is 44.1 Å². The van der Waals surface area contributed by atoms with E-state index in [1.807, 2.05) is 37.3 Å². The molecular formula is C20H24N2O3S. The Kier molecular flexibility index (Phi) is 5.44. The van der Waals surface area contributed by atoms with Gasteiger partial charge in [0.15, 0.2) is 9.84 Å². The molecule has 1 fully saturated rings. The van der Waals surface area contributed by atoms with Crippen molar-refractivity contribution >= 4 is 15.7 Å². The van der Waals surface area contributed by atoms with E-state index in [-0.39, 0.29) is 34.9 Å². The van der Waals surface area contributed by atoms with Gasteiger partial charge in [-0.1, -0.05) is 48.0 Å². The second-order valence-corrected chi connectivity index (χ2v) is 8.97. The third-order valence-electron chi connectivity index (χ3n) is 4.91. The zero-order chi connectivity index (χ0) is 18.7. The minimum Gasteiger partial charge on any atom is -0.340 e. The summed E-state index contributed by atoms with van der Waals surface area (Å²) in [5.74, 6) is -0.250. The first kappa shape index (κ1) is 18.6. The normalized spacial score (nSPS) is 20.3. The first-order chi connectivity index (χ1) is 12.4. The quantitative estimate of drug-likeness (QED) is 0.872. The van der Waals surface area contributed by atoms with Gasteiger partial charge < -0.3 is 10.6 Å². The zero-order valence-corrected chi connectivity index (χ0v) is 15.7. The summed E-state index contributed by atoms with van der Waals surface area (Å²) >= 11 is 0. The Labute approximate surface area is 154 Å². The van der Waals surface area contributed by atoms with E-state index < -0.39 is 9.84 Å². The molecule has 0 aromatic heterocycles. The summed E-state index contributed by atoms with van der Waals surface area (Å²) in [6, 6.07) is 16.5. The lowest BCUT2D eigenvalue weighted by molar-refractivity contribution is -0.129. The Morgan fingerprint density at radius 2 is 1.73 bits per heavy atom. The van der Waals surface area contributed by atoms with Gasteiger partial charge in [0.25, 0.3) is 0 Å². The molecule has 0 bridgehead atoms. The topological polar surface area (TPSA) is 80.5 Å². The maximum absolute atomic E-state index is 12.5. The minimum absolute atomic E-state index is 0.0234. The molecule has 2 N–H and O–H groups in total. The smallest absolute Gasteiger partial charge is 0.223 e. The van der Waals surface area contributed by atoms with Crippen LogP contribution in [0.5, 0.6) is 0 Å². The number of hydrogen-bond donors (Lipinski definition) is 1. The minimum atomic E-state index is -3.46. The average Bonchev–Trinajstić information content (AvgIpc) is 3.03. The predicted molar refractivity (Wildman–Crippen MR) is 102 cm³/mol. The van der Waals surface area contributed by atoms with E-state index in [4.69, 9.17) is 5.73 Å². The maximum atomic E-state index is 12.5. The van der Waals surface area contributed by atoms with Gasteiger partial charge in [-0.2, -0.15) is 0 Å². The van der Waals surface area contributed by atoms with Crippen molar-refractivity contribution in [3.05, 3.63) is 65.7 Å². The van der Waals surface area contributed by atoms with Crippen LogP contribution in [0.3, 0.4) is 0 Å². The Morgan fingerprint density at radius 3 is 2.38 bits per heavy atom. The third-order valence-corrected chi connectivity index (χ3v) is 6.64. The molecule has 1 aliphatic heterocycles. The van der Waals surface area contributed by atoms with Crippen LogP contribution in [0.2, 0.25) is 0 Å². The molecule has 1 aliphatic rings. The highest BCUT2D eigenvalue weighted by atomic mass is 32.2. The molecule has 138 valence electrons. The zero-order valence-electron chi connectivity index (χ0n) is 14.8. The van der Waals surface area contributed by atoms with Crippen LogP contribution >= 0.6 is 0 Å². The van der Waals surface area contributed by atoms with Crippen molar-refractivity contribution in [3.8, 4) is 0 Å². The number of likely N-dealkylation sites (tertiary alicyclic amines) is 1. The number of hydrogen-bond acceptors (Lipinski definition) is 4. The van der Waals surface area contributed by atoms with E-state index in [9.17, 15) is 13.2 Å². The van der Waals surface area contributed by atoms with Crippen molar-refractivity contribution in [1.29, 1.82) is 0 Å². The second kappa shape index (κ2) is 7.60. The summed E-state index contributed by atoms with van der Waals surface area (Å²) in [5.41, 5.74) is 8.33. The molecular weight excluding hydrogens is 348 g/mol. The summed E-state index contributed by atoms with van der Waals surface area (Å²) in [5, 5.41) is 0. The number of benzene rings is 2. The molecule has 0 aliphatic carbocycles. The number of nitrogens with zero attached hydrogens (tertiary/aromatic N) is 1. The highest BCUT2D eigenvalue weighted by molar-refractivity contribution is 7.91. The van der Waals surface area contributed by atoms with Crippen molar-refractivity contribution in [2.45, 2.75) is 30.2 Å². The Hall–Kier alpha value is -2.18. The maximum Gasteiger partial charge on any atom is 0.223 e. The summed E-state index contributed by atoms with van der Waals surface area (Å²) in [6.07, 6.45) is -0.0234. The van der Waals surface area contributed by atoms with Gasteiger partial charge >= 0.3 is 0 Å². The number of carbonyl (C=O) groups is 1. The molecule has 1 saturated heterocycles. The molecule has 0 saturated carbocycles. The molecule has 1 amide bonds. The van der Waals surface area contributed by atoms with Gasteiger partial charge in [-0.25, -0.2) is 8.42 Å². The number of carbonyl (C=O) groups excluding carboxylic acids is 1. The monoisotopic (exact) mass is 372 g/mol.